The minimum Gasteiger partial charge on any atom is -0.394 e. The molecule has 0 saturated carbocycles. The van der Waals surface area contributed by atoms with Gasteiger partial charge in [0.15, 0.2) is 6.29 Å². The molecule has 0 aromatic carbocycles. The lowest BCUT2D eigenvalue weighted by atomic mass is 9.99. The van der Waals surface area contributed by atoms with Crippen LogP contribution in [0.4, 0.5) is 0 Å². The maximum Gasteiger partial charge on any atom is 0.220 e. The Hall–Kier alpha value is -3.15. The van der Waals surface area contributed by atoms with Gasteiger partial charge in [0, 0.05) is 6.42 Å². The Labute approximate surface area is 497 Å². The van der Waals surface area contributed by atoms with E-state index in [2.05, 4.69) is 116 Å². The lowest BCUT2D eigenvalue weighted by Gasteiger charge is -2.40. The minimum atomic E-state index is -1.59. The van der Waals surface area contributed by atoms with Crippen molar-refractivity contribution in [2.24, 2.45) is 0 Å². The van der Waals surface area contributed by atoms with Crippen molar-refractivity contribution >= 4 is 5.91 Å². The molecular weight excluding hydrogens is 1010 g/mol. The first-order valence-corrected chi connectivity index (χ1v) is 33.6. The van der Waals surface area contributed by atoms with E-state index in [1.165, 1.54) is 154 Å². The first-order valence-electron chi connectivity index (χ1n) is 33.6. The molecule has 0 bridgehead atoms. The van der Waals surface area contributed by atoms with Crippen molar-refractivity contribution in [2.75, 3.05) is 13.2 Å². The quantitative estimate of drug-likeness (QED) is 0.0261. The Kier molecular flexibility index (Phi) is 56.2. The number of aliphatic hydroxyl groups excluding tert-OH is 5. The van der Waals surface area contributed by atoms with Crippen molar-refractivity contribution in [1.29, 1.82) is 0 Å². The predicted octanol–water partition coefficient (Wildman–Crippen LogP) is 18.1. The van der Waals surface area contributed by atoms with Crippen LogP contribution >= 0.6 is 0 Å². The Morgan fingerprint density at radius 1 is 0.432 bits per heavy atom. The highest BCUT2D eigenvalue weighted by Crippen LogP contribution is 2.23. The highest BCUT2D eigenvalue weighted by Gasteiger charge is 2.44. The standard InChI is InChI=1S/C72H125NO8/c1-3-5-7-9-11-13-15-17-19-21-23-25-27-29-30-31-32-33-34-35-36-38-39-41-43-45-47-49-51-53-55-57-59-61-66(75)65(64-80-72-71(79)70(78)69(77)67(63-74)81-72)73-68(76)62-60-58-56-54-52-50-48-46-44-42-40-37-28-26-24-22-20-18-16-14-12-10-8-6-4-2/h6,8,12,14,18,20,24,26,37,40,43-46,51,53,59,61,65-67,69-72,74-75,77-79H,3-5,7,9-11,13,15-17,19,21-23,25,27-36,38-39,41-42,47-50,52,54-58,60,62-64H2,1-2H3,(H,73,76)/b8-6-,14-12-,20-18-,26-24-,40-37-,45-43+,46-44-,53-51+,61-59+. The van der Waals surface area contributed by atoms with E-state index < -0.39 is 49.5 Å². The van der Waals surface area contributed by atoms with Crippen LogP contribution in [0.2, 0.25) is 0 Å². The van der Waals surface area contributed by atoms with E-state index in [4.69, 9.17) is 9.47 Å². The van der Waals surface area contributed by atoms with E-state index in [1.807, 2.05) is 6.08 Å². The number of rotatable bonds is 57. The number of hydrogen-bond donors (Lipinski definition) is 6. The average Bonchev–Trinajstić information content (AvgIpc) is 3.49. The lowest BCUT2D eigenvalue weighted by Crippen LogP contribution is -2.60. The molecule has 9 heteroatoms. The van der Waals surface area contributed by atoms with Crippen molar-refractivity contribution in [3.63, 3.8) is 0 Å². The number of aliphatic hydroxyl groups is 5. The van der Waals surface area contributed by atoms with E-state index in [0.717, 1.165) is 109 Å². The summed E-state index contributed by atoms with van der Waals surface area (Å²) in [6.45, 7) is 3.65. The first-order chi connectivity index (χ1) is 39.8. The van der Waals surface area contributed by atoms with Crippen LogP contribution in [0.5, 0.6) is 0 Å². The molecule has 1 aliphatic heterocycles. The summed E-state index contributed by atoms with van der Waals surface area (Å²) in [4.78, 5) is 13.1. The fourth-order valence-corrected chi connectivity index (χ4v) is 10.1. The molecule has 0 radical (unpaired) electrons. The molecule has 0 aliphatic carbocycles. The van der Waals surface area contributed by atoms with E-state index in [9.17, 15) is 30.3 Å². The van der Waals surface area contributed by atoms with Crippen LogP contribution < -0.4 is 5.32 Å². The molecule has 7 atom stereocenters. The molecule has 0 aromatic rings. The number of carbonyl (C=O) groups is 1. The van der Waals surface area contributed by atoms with Gasteiger partial charge in [0.25, 0.3) is 0 Å². The van der Waals surface area contributed by atoms with Gasteiger partial charge in [0.05, 0.1) is 25.4 Å². The largest absolute Gasteiger partial charge is 0.394 e. The topological polar surface area (TPSA) is 149 Å². The van der Waals surface area contributed by atoms with E-state index >= 15 is 0 Å². The zero-order valence-corrected chi connectivity index (χ0v) is 52.0. The number of unbranched alkanes of at least 4 members (excludes halogenated alkanes) is 31. The average molecular weight is 1130 g/mol. The van der Waals surface area contributed by atoms with Crippen molar-refractivity contribution in [3.8, 4) is 0 Å². The second-order valence-electron chi connectivity index (χ2n) is 22.9. The molecule has 6 N–H and O–H groups in total. The second-order valence-corrected chi connectivity index (χ2v) is 22.9. The van der Waals surface area contributed by atoms with Crippen LogP contribution in [0.15, 0.2) is 109 Å². The molecule has 0 aromatic heterocycles. The van der Waals surface area contributed by atoms with Crippen LogP contribution in [0.3, 0.4) is 0 Å². The van der Waals surface area contributed by atoms with Gasteiger partial charge in [0.2, 0.25) is 5.91 Å². The monoisotopic (exact) mass is 1130 g/mol. The Bertz CT molecular complexity index is 1640. The smallest absolute Gasteiger partial charge is 0.220 e. The molecule has 9 nitrogen and oxygen atoms in total. The zero-order valence-electron chi connectivity index (χ0n) is 52.0. The SMILES string of the molecule is CC/C=C\C/C=C\C/C=C\C/C=C\C/C=C\C/C=C\CCCCCCCCC(=O)NC(COC1OC(CO)C(O)C(O)C1O)C(O)/C=C/CC/C=C/CC/C=C/CCCCCCCCCCCCCCCCCCCCCCCCC. The van der Waals surface area contributed by atoms with E-state index in [0.29, 0.717) is 6.42 Å². The summed E-state index contributed by atoms with van der Waals surface area (Å²) in [6.07, 6.45) is 81.9. The predicted molar refractivity (Wildman–Crippen MR) is 345 cm³/mol. The molecule has 1 heterocycles. The third kappa shape index (κ3) is 48.9. The highest BCUT2D eigenvalue weighted by molar-refractivity contribution is 5.76. The number of hydrogen-bond acceptors (Lipinski definition) is 8. The highest BCUT2D eigenvalue weighted by atomic mass is 16.7. The lowest BCUT2D eigenvalue weighted by molar-refractivity contribution is -0.302. The summed E-state index contributed by atoms with van der Waals surface area (Å²) in [5, 5.41) is 54.7. The summed E-state index contributed by atoms with van der Waals surface area (Å²) in [6, 6.07) is -0.846. The second kappa shape index (κ2) is 60.0. The molecule has 1 amide bonds. The number of carbonyl (C=O) groups excluding carboxylic acids is 1. The third-order valence-electron chi connectivity index (χ3n) is 15.3. The molecule has 0 spiro atoms. The van der Waals surface area contributed by atoms with Crippen molar-refractivity contribution in [1.82, 2.24) is 5.32 Å². The summed E-state index contributed by atoms with van der Waals surface area (Å²) < 4.78 is 11.3. The zero-order chi connectivity index (χ0) is 58.6. The molecule has 466 valence electrons. The molecule has 1 aliphatic rings. The van der Waals surface area contributed by atoms with Crippen molar-refractivity contribution in [2.45, 2.75) is 326 Å². The third-order valence-corrected chi connectivity index (χ3v) is 15.3. The van der Waals surface area contributed by atoms with Gasteiger partial charge in [-0.3, -0.25) is 4.79 Å². The Morgan fingerprint density at radius 3 is 1.19 bits per heavy atom. The summed E-state index contributed by atoms with van der Waals surface area (Å²) in [7, 11) is 0. The normalized spacial score (nSPS) is 19.1. The van der Waals surface area contributed by atoms with Gasteiger partial charge in [0.1, 0.15) is 24.4 Å². The summed E-state index contributed by atoms with van der Waals surface area (Å²) in [5.41, 5.74) is 0. The van der Waals surface area contributed by atoms with E-state index in [1.54, 1.807) is 6.08 Å². The molecule has 7 unspecified atom stereocenters. The van der Waals surface area contributed by atoms with Crippen LogP contribution in [0.25, 0.3) is 0 Å². The van der Waals surface area contributed by atoms with Crippen molar-refractivity contribution in [3.05, 3.63) is 109 Å². The number of nitrogens with one attached hydrogen (secondary N) is 1. The summed E-state index contributed by atoms with van der Waals surface area (Å²) >= 11 is 0. The molecule has 1 saturated heterocycles. The number of ether oxygens (including phenoxy) is 2. The van der Waals surface area contributed by atoms with Crippen LogP contribution in [0, 0.1) is 0 Å². The minimum absolute atomic E-state index is 0.208. The van der Waals surface area contributed by atoms with E-state index in [-0.39, 0.29) is 12.5 Å². The molecule has 1 fully saturated rings. The molecule has 1 rings (SSSR count). The fourth-order valence-electron chi connectivity index (χ4n) is 10.1. The Balaban J connectivity index is 2.21. The maximum atomic E-state index is 13.1. The van der Waals surface area contributed by atoms with Gasteiger partial charge in [-0.15, -0.1) is 0 Å². The van der Waals surface area contributed by atoms with Gasteiger partial charge < -0.3 is 40.3 Å². The van der Waals surface area contributed by atoms with Gasteiger partial charge in [-0.25, -0.2) is 0 Å². The summed E-state index contributed by atoms with van der Waals surface area (Å²) in [5.74, 6) is -0.208. The van der Waals surface area contributed by atoms with Gasteiger partial charge in [-0.2, -0.15) is 0 Å². The number of amides is 1. The Morgan fingerprint density at radius 2 is 0.778 bits per heavy atom. The van der Waals surface area contributed by atoms with Gasteiger partial charge in [-0.1, -0.05) is 290 Å². The molecule has 81 heavy (non-hydrogen) atoms. The van der Waals surface area contributed by atoms with Gasteiger partial charge in [-0.05, 0) is 96.3 Å². The van der Waals surface area contributed by atoms with Crippen LogP contribution in [0.1, 0.15) is 284 Å². The van der Waals surface area contributed by atoms with Crippen molar-refractivity contribution < 1.29 is 39.8 Å². The number of allylic oxidation sites excluding steroid dienone is 17. The van der Waals surface area contributed by atoms with Gasteiger partial charge >= 0.3 is 0 Å². The fraction of sp³-hybridized carbons (Fsp3) is 0.736. The van der Waals surface area contributed by atoms with Crippen LogP contribution in [-0.4, -0.2) is 87.5 Å². The van der Waals surface area contributed by atoms with Crippen LogP contribution in [-0.2, 0) is 14.3 Å². The first kappa shape index (κ1) is 75.9. The maximum absolute atomic E-state index is 13.1. The molecular formula is C72H125NO8.